The topological polar surface area (TPSA) is 74.2 Å². The molecule has 2 aromatic rings. The van der Waals surface area contributed by atoms with E-state index in [1.165, 1.54) is 0 Å². The molecule has 0 aromatic heterocycles. The second-order valence-corrected chi connectivity index (χ2v) is 8.34. The van der Waals surface area contributed by atoms with Gasteiger partial charge in [0.15, 0.2) is 6.10 Å². The maximum absolute atomic E-state index is 12.5. The summed E-state index contributed by atoms with van der Waals surface area (Å²) in [6, 6.07) is 7.11. The van der Waals surface area contributed by atoms with Crippen LogP contribution in [0.1, 0.15) is 25.0 Å². The first-order chi connectivity index (χ1) is 17.6. The first-order valence-corrected chi connectivity index (χ1v) is 11.6. The number of benzene rings is 2. The third-order valence-corrected chi connectivity index (χ3v) is 5.06. The Bertz CT molecular complexity index is 1180. The molecule has 0 spiro atoms. The molecule has 0 amide bonds. The van der Waals surface area contributed by atoms with Crippen LogP contribution in [-0.2, 0) is 16.0 Å². The maximum Gasteiger partial charge on any atom is 0.573 e. The predicted octanol–water partition coefficient (Wildman–Crippen LogP) is 6.66. The monoisotopic (exact) mass is 610 g/mol. The maximum atomic E-state index is 12.5. The van der Waals surface area contributed by atoms with Gasteiger partial charge in [-0.15, -0.1) is 26.3 Å². The van der Waals surface area contributed by atoms with Crippen LogP contribution in [-0.4, -0.2) is 43.1 Å². The Morgan fingerprint density at radius 3 is 2.16 bits per heavy atom. The lowest BCUT2D eigenvalue weighted by atomic mass is 10.1. The fraction of sp³-hybridized carbons (Fsp3) is 0.320. The summed E-state index contributed by atoms with van der Waals surface area (Å²) in [7, 11) is 0. The van der Waals surface area contributed by atoms with Crippen molar-refractivity contribution in [2.75, 3.05) is 13.2 Å². The van der Waals surface area contributed by atoms with Crippen molar-refractivity contribution in [1.82, 2.24) is 0 Å². The van der Waals surface area contributed by atoms with Gasteiger partial charge in [0.1, 0.15) is 23.9 Å². The lowest BCUT2D eigenvalue weighted by Gasteiger charge is -2.13. The molecule has 2 aromatic carbocycles. The Kier molecular flexibility index (Phi) is 10.9. The predicted molar refractivity (Wildman–Crippen MR) is 127 cm³/mol. The molecule has 6 nitrogen and oxygen atoms in total. The number of rotatable bonds is 10. The summed E-state index contributed by atoms with van der Waals surface area (Å²) in [6.07, 6.45) is -9.53. The van der Waals surface area contributed by atoms with Gasteiger partial charge in [-0.3, -0.25) is 0 Å². The molecule has 13 heteroatoms. The third kappa shape index (κ3) is 11.4. The van der Waals surface area contributed by atoms with E-state index in [4.69, 9.17) is 9.47 Å². The van der Waals surface area contributed by atoms with Gasteiger partial charge >= 0.3 is 18.7 Å². The van der Waals surface area contributed by atoms with E-state index in [9.17, 15) is 36.2 Å². The van der Waals surface area contributed by atoms with Crippen molar-refractivity contribution in [3.05, 3.63) is 63.6 Å². The van der Waals surface area contributed by atoms with Crippen LogP contribution in [0.4, 0.5) is 26.3 Å². The molecule has 1 atom stereocenters. The minimum atomic E-state index is -5.12. The number of hydrogen-bond donors (Lipinski definition) is 1. The van der Waals surface area contributed by atoms with Gasteiger partial charge in [-0.05, 0) is 71.3 Å². The highest BCUT2D eigenvalue weighted by Gasteiger charge is 2.33. The summed E-state index contributed by atoms with van der Waals surface area (Å²) in [6.45, 7) is 3.55. The number of hydrogen-bond acceptors (Lipinski definition) is 5. The van der Waals surface area contributed by atoms with Crippen LogP contribution in [0.2, 0.25) is 0 Å². The largest absolute Gasteiger partial charge is 0.573 e. The zero-order valence-corrected chi connectivity index (χ0v) is 21.5. The summed E-state index contributed by atoms with van der Waals surface area (Å²) >= 11 is 3.35. The highest BCUT2D eigenvalue weighted by Crippen LogP contribution is 2.31. The van der Waals surface area contributed by atoms with Crippen LogP contribution in [0.5, 0.6) is 17.2 Å². The molecule has 0 heterocycles. The van der Waals surface area contributed by atoms with Gasteiger partial charge in [0.2, 0.25) is 0 Å². The van der Waals surface area contributed by atoms with Crippen LogP contribution < -0.4 is 14.2 Å². The van der Waals surface area contributed by atoms with Crippen LogP contribution in [0.3, 0.4) is 0 Å². The molecule has 0 unspecified atom stereocenters. The summed E-state index contributed by atoms with van der Waals surface area (Å²) in [4.78, 5) is 11.3. The highest BCUT2D eigenvalue weighted by atomic mass is 79.9. The van der Waals surface area contributed by atoms with Crippen molar-refractivity contribution in [2.24, 2.45) is 0 Å². The average Bonchev–Trinajstić information content (AvgIpc) is 2.76. The Morgan fingerprint density at radius 1 is 1.05 bits per heavy atom. The first kappa shape index (κ1) is 30.9. The van der Waals surface area contributed by atoms with Gasteiger partial charge in [0.25, 0.3) is 0 Å². The lowest BCUT2D eigenvalue weighted by Crippen LogP contribution is -2.26. The van der Waals surface area contributed by atoms with E-state index in [0.29, 0.717) is 27.4 Å². The Hall–Kier alpha value is -3.37. The number of allylic oxidation sites excluding steroid dienone is 1. The number of carbonyl (C=O) groups is 1. The molecule has 1 N–H and O–H groups in total. The molecule has 0 aliphatic heterocycles. The van der Waals surface area contributed by atoms with Crippen molar-refractivity contribution in [3.63, 3.8) is 0 Å². The number of alkyl halides is 6. The van der Waals surface area contributed by atoms with E-state index in [1.807, 2.05) is 0 Å². The lowest BCUT2D eigenvalue weighted by molar-refractivity contribution is -0.276. The number of carboxylic acids is 1. The van der Waals surface area contributed by atoms with Crippen molar-refractivity contribution >= 4 is 21.9 Å². The molecule has 0 saturated carbocycles. The first-order valence-electron chi connectivity index (χ1n) is 10.8. The SMILES string of the molecule is CCO[C@@H](Cc1ccc(OC/C=C(/C)C#Cc2cc(OC(F)(F)F)cc(OC(F)(F)F)c2)c(Br)c1)C(=O)O. The van der Waals surface area contributed by atoms with Gasteiger partial charge in [0.05, 0.1) is 4.47 Å². The molecule has 206 valence electrons. The van der Waals surface area contributed by atoms with Crippen LogP contribution in [0.15, 0.2) is 52.5 Å². The van der Waals surface area contributed by atoms with Crippen molar-refractivity contribution in [1.29, 1.82) is 0 Å². The highest BCUT2D eigenvalue weighted by molar-refractivity contribution is 9.10. The van der Waals surface area contributed by atoms with E-state index in [2.05, 4.69) is 37.2 Å². The van der Waals surface area contributed by atoms with Gasteiger partial charge in [-0.1, -0.05) is 17.9 Å². The van der Waals surface area contributed by atoms with E-state index in [0.717, 1.165) is 12.1 Å². The normalized spacial score (nSPS) is 12.8. The fourth-order valence-electron chi connectivity index (χ4n) is 2.93. The number of halogens is 7. The van der Waals surface area contributed by atoms with Crippen molar-refractivity contribution < 1.29 is 55.2 Å². The van der Waals surface area contributed by atoms with Gasteiger partial charge in [0, 0.05) is 24.7 Å². The van der Waals surface area contributed by atoms with Crippen molar-refractivity contribution in [3.8, 4) is 29.1 Å². The number of ether oxygens (including phenoxy) is 4. The zero-order valence-electron chi connectivity index (χ0n) is 19.9. The van der Waals surface area contributed by atoms with E-state index in [1.54, 1.807) is 38.1 Å². The summed E-state index contributed by atoms with van der Waals surface area (Å²) in [5.41, 5.74) is 0.914. The molecular weight excluding hydrogens is 590 g/mol. The third-order valence-electron chi connectivity index (χ3n) is 4.44. The molecule has 38 heavy (non-hydrogen) atoms. The Morgan fingerprint density at radius 2 is 1.66 bits per heavy atom. The molecule has 0 bridgehead atoms. The molecule has 0 aliphatic carbocycles. The summed E-state index contributed by atoms with van der Waals surface area (Å²) in [5, 5.41) is 9.21. The molecule has 0 radical (unpaired) electrons. The Labute approximate surface area is 222 Å². The molecular formula is C25H21BrF6O6. The summed E-state index contributed by atoms with van der Waals surface area (Å²) in [5.74, 6) is 2.61. The fourth-order valence-corrected chi connectivity index (χ4v) is 3.47. The second-order valence-electron chi connectivity index (χ2n) is 7.49. The Balaban J connectivity index is 2.10. The zero-order chi connectivity index (χ0) is 28.5. The molecule has 0 fully saturated rings. The smallest absolute Gasteiger partial charge is 0.488 e. The molecule has 2 rings (SSSR count). The average molecular weight is 611 g/mol. The molecule has 0 saturated heterocycles. The van der Waals surface area contributed by atoms with E-state index in [-0.39, 0.29) is 25.2 Å². The van der Waals surface area contributed by atoms with Gasteiger partial charge in [-0.25, -0.2) is 4.79 Å². The minimum absolute atomic E-state index is 0.0365. The van der Waals surface area contributed by atoms with Gasteiger partial charge in [-0.2, -0.15) is 0 Å². The van der Waals surface area contributed by atoms with E-state index < -0.39 is 36.3 Å². The quantitative estimate of drug-likeness (QED) is 0.240. The molecule has 0 aliphatic rings. The van der Waals surface area contributed by atoms with Crippen LogP contribution in [0, 0.1) is 11.8 Å². The number of carboxylic acid groups (broad SMARTS) is 1. The second kappa shape index (κ2) is 13.4. The van der Waals surface area contributed by atoms with E-state index >= 15 is 0 Å². The standard InChI is InChI=1S/C25H21BrF6O6/c1-3-35-22(23(33)34)13-17-6-7-21(20(26)12-17)36-9-8-15(2)4-5-16-10-18(37-24(27,28)29)14-19(11-16)38-25(30,31)32/h6-8,10-12,14,22H,3,9,13H2,1-2H3,(H,33,34)/b15-8-/t22-/m0/s1. The number of aliphatic carboxylic acids is 1. The van der Waals surface area contributed by atoms with Crippen molar-refractivity contribution in [2.45, 2.75) is 39.1 Å². The van der Waals surface area contributed by atoms with Crippen LogP contribution in [0.25, 0.3) is 0 Å². The summed E-state index contributed by atoms with van der Waals surface area (Å²) < 4.78 is 93.9. The van der Waals surface area contributed by atoms with Crippen LogP contribution >= 0.6 is 15.9 Å². The van der Waals surface area contributed by atoms with Gasteiger partial charge < -0.3 is 24.1 Å². The minimum Gasteiger partial charge on any atom is -0.488 e.